The van der Waals surface area contributed by atoms with Crippen LogP contribution in [0, 0.1) is 0 Å². The van der Waals surface area contributed by atoms with E-state index < -0.39 is 0 Å². The summed E-state index contributed by atoms with van der Waals surface area (Å²) in [6.07, 6.45) is 3.03. The zero-order valence-corrected chi connectivity index (χ0v) is 20.5. The minimum absolute atomic E-state index is 0.0329. The van der Waals surface area contributed by atoms with Crippen molar-refractivity contribution in [1.29, 1.82) is 0 Å². The van der Waals surface area contributed by atoms with Gasteiger partial charge in [0.25, 0.3) is 11.8 Å². The zero-order valence-electron chi connectivity index (χ0n) is 18.1. The second-order valence-corrected chi connectivity index (χ2v) is 9.85. The van der Waals surface area contributed by atoms with Gasteiger partial charge in [-0.3, -0.25) is 20.0 Å². The van der Waals surface area contributed by atoms with E-state index in [-0.39, 0.29) is 24.1 Å². The lowest BCUT2D eigenvalue weighted by molar-refractivity contribution is -0.130. The largest absolute Gasteiger partial charge is 0.484 e. The monoisotopic (exact) mass is 513 g/mol. The lowest BCUT2D eigenvalue weighted by atomic mass is 10.3. The van der Waals surface area contributed by atoms with Crippen LogP contribution in [-0.4, -0.2) is 62.6 Å². The number of pyridine rings is 1. The van der Waals surface area contributed by atoms with E-state index in [0.29, 0.717) is 26.0 Å². The molecule has 0 aliphatic heterocycles. The molecule has 34 heavy (non-hydrogen) atoms. The molecule has 0 bridgehead atoms. The molecule has 10 nitrogen and oxygen atoms in total. The number of amides is 2. The average Bonchev–Trinajstić information content (AvgIpc) is 3.53. The van der Waals surface area contributed by atoms with Gasteiger partial charge >= 0.3 is 0 Å². The number of thiazole rings is 1. The molecule has 3 heterocycles. The van der Waals surface area contributed by atoms with Crippen molar-refractivity contribution in [2.45, 2.75) is 20.0 Å². The van der Waals surface area contributed by atoms with Gasteiger partial charge in [-0.05, 0) is 48.2 Å². The summed E-state index contributed by atoms with van der Waals surface area (Å²) in [5, 5.41) is 12.8. The molecule has 3 aromatic heterocycles. The second-order valence-electron chi connectivity index (χ2n) is 6.83. The minimum Gasteiger partial charge on any atom is -0.484 e. The van der Waals surface area contributed by atoms with Gasteiger partial charge < -0.3 is 9.64 Å². The Balaban J connectivity index is 1.52. The first-order valence-electron chi connectivity index (χ1n) is 9.84. The van der Waals surface area contributed by atoms with Gasteiger partial charge in [0, 0.05) is 35.5 Å². The summed E-state index contributed by atoms with van der Waals surface area (Å²) < 4.78 is 5.52. The molecule has 2 N–H and O–H groups in total. The number of aromatic nitrogens is 5. The van der Waals surface area contributed by atoms with Crippen LogP contribution in [0.15, 0.2) is 74.3 Å². The summed E-state index contributed by atoms with van der Waals surface area (Å²) in [6, 6.07) is 10.9. The number of carbonyl (C=O) groups is 2. The number of ether oxygens (including phenoxy) is 1. The molecule has 2 amide bonds. The van der Waals surface area contributed by atoms with Crippen LogP contribution in [-0.2, 0) is 4.79 Å². The van der Waals surface area contributed by atoms with Crippen LogP contribution < -0.4 is 10.1 Å². The van der Waals surface area contributed by atoms with Gasteiger partial charge in [0.15, 0.2) is 16.9 Å². The molecule has 0 unspecified atom stereocenters. The highest BCUT2D eigenvalue weighted by atomic mass is 32.2. The SMILES string of the molecule is CN(C)C(=O)COc1ccc(Sc2ccc(Sc3ncn[nH]3)nc2C(=O)Nc2nccs2)cc1. The quantitative estimate of drug-likeness (QED) is 0.345. The van der Waals surface area contributed by atoms with E-state index in [1.807, 2.05) is 24.3 Å². The third-order valence-electron chi connectivity index (χ3n) is 4.21. The highest BCUT2D eigenvalue weighted by molar-refractivity contribution is 7.99. The Morgan fingerprint density at radius 2 is 1.94 bits per heavy atom. The first kappa shape index (κ1) is 23.7. The Labute approximate surface area is 207 Å². The minimum atomic E-state index is -0.361. The summed E-state index contributed by atoms with van der Waals surface area (Å²) in [6.45, 7) is -0.0329. The van der Waals surface area contributed by atoms with Crippen LogP contribution in [0.5, 0.6) is 5.75 Å². The van der Waals surface area contributed by atoms with Crippen molar-refractivity contribution in [2.24, 2.45) is 0 Å². The van der Waals surface area contributed by atoms with Crippen LogP contribution in [0.3, 0.4) is 0 Å². The predicted molar refractivity (Wildman–Crippen MR) is 130 cm³/mol. The first-order chi connectivity index (χ1) is 16.5. The lowest BCUT2D eigenvalue weighted by Crippen LogP contribution is -2.27. The van der Waals surface area contributed by atoms with Crippen LogP contribution in [0.25, 0.3) is 0 Å². The summed E-state index contributed by atoms with van der Waals surface area (Å²) in [7, 11) is 3.36. The van der Waals surface area contributed by atoms with Gasteiger partial charge in [-0.25, -0.2) is 15.0 Å². The van der Waals surface area contributed by atoms with Gasteiger partial charge in [-0.2, -0.15) is 5.10 Å². The van der Waals surface area contributed by atoms with Crippen molar-refractivity contribution >= 4 is 51.8 Å². The van der Waals surface area contributed by atoms with Crippen molar-refractivity contribution in [3.8, 4) is 5.75 Å². The van der Waals surface area contributed by atoms with Crippen molar-refractivity contribution in [3.05, 3.63) is 60.0 Å². The van der Waals surface area contributed by atoms with Gasteiger partial charge in [-0.15, -0.1) is 11.3 Å². The highest BCUT2D eigenvalue weighted by Gasteiger charge is 2.18. The number of nitrogens with zero attached hydrogens (tertiary/aromatic N) is 5. The van der Waals surface area contributed by atoms with Crippen molar-refractivity contribution in [3.63, 3.8) is 0 Å². The molecule has 4 aromatic rings. The average molecular weight is 514 g/mol. The molecule has 0 saturated heterocycles. The number of benzene rings is 1. The van der Waals surface area contributed by atoms with E-state index in [1.165, 1.54) is 46.1 Å². The standard InChI is InChI=1S/C21H19N7O3S3/c1-28(2)17(29)11-31-13-3-5-14(6-4-13)33-15-7-8-16(34-21-23-12-24-27-21)25-18(15)19(30)26-20-22-9-10-32-20/h3-10,12H,11H2,1-2H3,(H,22,26,30)(H,23,24,27). The van der Waals surface area contributed by atoms with Crippen LogP contribution in [0.1, 0.15) is 10.5 Å². The number of likely N-dealkylation sites (N-methyl/N-ethyl adjacent to an activating group) is 1. The molecule has 4 rings (SSSR count). The van der Waals surface area contributed by atoms with Crippen LogP contribution in [0.4, 0.5) is 5.13 Å². The fraction of sp³-hybridized carbons (Fsp3) is 0.143. The summed E-state index contributed by atoms with van der Waals surface area (Å²) in [5.74, 6) is 0.0986. The van der Waals surface area contributed by atoms with Gasteiger partial charge in [0.1, 0.15) is 22.8 Å². The topological polar surface area (TPSA) is 126 Å². The molecule has 0 aliphatic rings. The number of rotatable bonds is 9. The third kappa shape index (κ3) is 6.34. The van der Waals surface area contributed by atoms with E-state index in [0.717, 1.165) is 4.90 Å². The first-order valence-corrected chi connectivity index (χ1v) is 12.3. The molecule has 0 radical (unpaired) electrons. The number of H-pyrrole nitrogens is 1. The zero-order chi connectivity index (χ0) is 23.9. The number of carbonyl (C=O) groups excluding carboxylic acids is 2. The molecular weight excluding hydrogens is 494 g/mol. The van der Waals surface area contributed by atoms with E-state index in [1.54, 1.807) is 37.8 Å². The number of nitrogens with one attached hydrogen (secondary N) is 2. The predicted octanol–water partition coefficient (Wildman–Crippen LogP) is 3.68. The summed E-state index contributed by atoms with van der Waals surface area (Å²) in [4.78, 5) is 40.5. The lowest BCUT2D eigenvalue weighted by Gasteiger charge is -2.12. The maximum atomic E-state index is 13.0. The Morgan fingerprint density at radius 3 is 2.62 bits per heavy atom. The fourth-order valence-electron chi connectivity index (χ4n) is 2.52. The molecule has 0 saturated carbocycles. The van der Waals surface area contributed by atoms with Crippen molar-refractivity contribution in [2.75, 3.05) is 26.0 Å². The van der Waals surface area contributed by atoms with Gasteiger partial charge in [0.2, 0.25) is 0 Å². The van der Waals surface area contributed by atoms with Crippen LogP contribution >= 0.6 is 34.9 Å². The van der Waals surface area contributed by atoms with E-state index in [9.17, 15) is 9.59 Å². The number of hydrogen-bond donors (Lipinski definition) is 2. The number of aromatic amines is 1. The Kier molecular flexibility index (Phi) is 7.77. The van der Waals surface area contributed by atoms with Crippen LogP contribution in [0.2, 0.25) is 0 Å². The molecule has 174 valence electrons. The van der Waals surface area contributed by atoms with E-state index in [4.69, 9.17) is 4.74 Å². The molecule has 0 spiro atoms. The van der Waals surface area contributed by atoms with Crippen molar-refractivity contribution < 1.29 is 14.3 Å². The summed E-state index contributed by atoms with van der Waals surface area (Å²) >= 11 is 3.99. The Hall–Kier alpha value is -3.42. The third-order valence-corrected chi connectivity index (χ3v) is 6.78. The molecular formula is C21H19N7O3S3. The highest BCUT2D eigenvalue weighted by Crippen LogP contribution is 2.33. The maximum absolute atomic E-state index is 13.0. The smallest absolute Gasteiger partial charge is 0.277 e. The molecule has 0 aliphatic carbocycles. The van der Waals surface area contributed by atoms with Gasteiger partial charge in [-0.1, -0.05) is 11.8 Å². The molecule has 0 atom stereocenters. The van der Waals surface area contributed by atoms with Crippen molar-refractivity contribution in [1.82, 2.24) is 30.0 Å². The summed E-state index contributed by atoms with van der Waals surface area (Å²) in [5.41, 5.74) is 0.265. The Morgan fingerprint density at radius 1 is 1.12 bits per heavy atom. The van der Waals surface area contributed by atoms with E-state index >= 15 is 0 Å². The van der Waals surface area contributed by atoms with E-state index in [2.05, 4.69) is 30.5 Å². The fourth-order valence-corrected chi connectivity index (χ4v) is 4.61. The van der Waals surface area contributed by atoms with Gasteiger partial charge in [0.05, 0.1) is 0 Å². The second kappa shape index (κ2) is 11.1. The normalized spacial score (nSPS) is 10.6. The number of hydrogen-bond acceptors (Lipinski definition) is 10. The molecule has 1 aromatic carbocycles. The molecule has 13 heteroatoms. The molecule has 0 fully saturated rings. The maximum Gasteiger partial charge on any atom is 0.277 e. The Bertz CT molecular complexity index is 1250. The number of anilines is 1.